The number of urea groups is 1. The lowest BCUT2D eigenvalue weighted by atomic mass is 9.95. The molecule has 4 rings (SSSR count). The van der Waals surface area contributed by atoms with Gasteiger partial charge in [0.05, 0.1) is 11.5 Å². The van der Waals surface area contributed by atoms with Crippen LogP contribution in [0.4, 0.5) is 16.2 Å². The second-order valence-electron chi connectivity index (χ2n) is 7.59. The zero-order valence-corrected chi connectivity index (χ0v) is 16.8. The van der Waals surface area contributed by atoms with E-state index in [1.165, 1.54) is 0 Å². The first-order chi connectivity index (χ1) is 14.0. The van der Waals surface area contributed by atoms with Crippen LogP contribution in [0.15, 0.2) is 48.5 Å². The Bertz CT molecular complexity index is 873. The Kier molecular flexibility index (Phi) is 5.74. The molecule has 7 heteroatoms. The SMILES string of the molecule is O=C(NCC1CCCO1)Nc1ccc(NC(=O)C2(c3ccc(Cl)cc3)CC2)cc1. The molecule has 2 fully saturated rings. The molecule has 1 heterocycles. The van der Waals surface area contributed by atoms with Gasteiger partial charge < -0.3 is 20.7 Å². The first kappa shape index (κ1) is 19.7. The molecule has 0 radical (unpaired) electrons. The largest absolute Gasteiger partial charge is 0.376 e. The maximum absolute atomic E-state index is 12.8. The van der Waals surface area contributed by atoms with Gasteiger partial charge in [-0.3, -0.25) is 4.79 Å². The summed E-state index contributed by atoms with van der Waals surface area (Å²) in [5.74, 6) is -0.0187. The topological polar surface area (TPSA) is 79.5 Å². The highest BCUT2D eigenvalue weighted by Crippen LogP contribution is 2.49. The molecular weight excluding hydrogens is 390 g/mol. The van der Waals surface area contributed by atoms with Gasteiger partial charge in [-0.05, 0) is 67.6 Å². The van der Waals surface area contributed by atoms with E-state index < -0.39 is 5.41 Å². The number of benzene rings is 2. The fraction of sp³-hybridized carbons (Fsp3) is 0.364. The van der Waals surface area contributed by atoms with E-state index in [4.69, 9.17) is 16.3 Å². The van der Waals surface area contributed by atoms with Gasteiger partial charge in [-0.2, -0.15) is 0 Å². The molecule has 0 aromatic heterocycles. The normalized spacial score (nSPS) is 19.4. The second kappa shape index (κ2) is 8.43. The van der Waals surface area contributed by atoms with E-state index in [0.717, 1.165) is 37.9 Å². The first-order valence-corrected chi connectivity index (χ1v) is 10.3. The van der Waals surface area contributed by atoms with Crippen molar-refractivity contribution in [1.82, 2.24) is 5.32 Å². The molecular formula is C22H24ClN3O3. The highest BCUT2D eigenvalue weighted by Gasteiger charge is 2.51. The van der Waals surface area contributed by atoms with Gasteiger partial charge >= 0.3 is 6.03 Å². The number of nitrogens with one attached hydrogen (secondary N) is 3. The van der Waals surface area contributed by atoms with Crippen molar-refractivity contribution in [2.24, 2.45) is 0 Å². The lowest BCUT2D eigenvalue weighted by molar-refractivity contribution is -0.118. The number of ether oxygens (including phenoxy) is 1. The fourth-order valence-corrected chi connectivity index (χ4v) is 3.74. The third-order valence-corrected chi connectivity index (χ3v) is 5.75. The van der Waals surface area contributed by atoms with Crippen LogP contribution in [0, 0.1) is 0 Å². The zero-order chi connectivity index (χ0) is 20.3. The summed E-state index contributed by atoms with van der Waals surface area (Å²) in [7, 11) is 0. The van der Waals surface area contributed by atoms with Gasteiger partial charge in [0.25, 0.3) is 0 Å². The van der Waals surface area contributed by atoms with Crippen molar-refractivity contribution in [3.63, 3.8) is 0 Å². The molecule has 1 saturated carbocycles. The van der Waals surface area contributed by atoms with Crippen molar-refractivity contribution in [2.75, 3.05) is 23.8 Å². The molecule has 2 aliphatic rings. The minimum absolute atomic E-state index is 0.0187. The maximum atomic E-state index is 12.8. The minimum Gasteiger partial charge on any atom is -0.376 e. The number of amides is 3. The van der Waals surface area contributed by atoms with E-state index in [1.54, 1.807) is 24.3 Å². The van der Waals surface area contributed by atoms with Crippen molar-refractivity contribution in [2.45, 2.75) is 37.2 Å². The van der Waals surface area contributed by atoms with Crippen LogP contribution >= 0.6 is 11.6 Å². The van der Waals surface area contributed by atoms with Gasteiger partial charge in [-0.15, -0.1) is 0 Å². The number of carbonyl (C=O) groups excluding carboxylic acids is 2. The Balaban J connectivity index is 1.30. The van der Waals surface area contributed by atoms with Crippen LogP contribution < -0.4 is 16.0 Å². The second-order valence-corrected chi connectivity index (χ2v) is 8.03. The molecule has 29 heavy (non-hydrogen) atoms. The van der Waals surface area contributed by atoms with Crippen LogP contribution in [0.5, 0.6) is 0 Å². The molecule has 2 aromatic carbocycles. The molecule has 0 spiro atoms. The maximum Gasteiger partial charge on any atom is 0.319 e. The van der Waals surface area contributed by atoms with E-state index >= 15 is 0 Å². The number of halogens is 1. The van der Waals surface area contributed by atoms with Crippen LogP contribution in [0.25, 0.3) is 0 Å². The fourth-order valence-electron chi connectivity index (χ4n) is 3.62. The van der Waals surface area contributed by atoms with Gasteiger partial charge in [0.2, 0.25) is 5.91 Å². The Labute approximate surface area is 175 Å². The summed E-state index contributed by atoms with van der Waals surface area (Å²) in [5.41, 5.74) is 1.87. The summed E-state index contributed by atoms with van der Waals surface area (Å²) < 4.78 is 5.49. The molecule has 1 atom stereocenters. The monoisotopic (exact) mass is 413 g/mol. The van der Waals surface area contributed by atoms with E-state index in [1.807, 2.05) is 24.3 Å². The van der Waals surface area contributed by atoms with E-state index in [0.29, 0.717) is 22.9 Å². The van der Waals surface area contributed by atoms with Crippen LogP contribution in [0.2, 0.25) is 5.02 Å². The van der Waals surface area contributed by atoms with Crippen molar-refractivity contribution in [3.8, 4) is 0 Å². The molecule has 2 aromatic rings. The van der Waals surface area contributed by atoms with Gasteiger partial charge in [0, 0.05) is 29.5 Å². The van der Waals surface area contributed by atoms with Gasteiger partial charge in [0.1, 0.15) is 0 Å². The predicted molar refractivity (Wildman–Crippen MR) is 113 cm³/mol. The summed E-state index contributed by atoms with van der Waals surface area (Å²) in [6.45, 7) is 1.27. The van der Waals surface area contributed by atoms with Crippen LogP contribution in [0.1, 0.15) is 31.2 Å². The molecule has 1 aliphatic carbocycles. The summed E-state index contributed by atoms with van der Waals surface area (Å²) in [4.78, 5) is 24.8. The van der Waals surface area contributed by atoms with Crippen LogP contribution in [-0.4, -0.2) is 31.2 Å². The molecule has 152 valence electrons. The summed E-state index contributed by atoms with van der Waals surface area (Å²) >= 11 is 5.95. The van der Waals surface area contributed by atoms with Crippen molar-refractivity contribution in [3.05, 3.63) is 59.1 Å². The highest BCUT2D eigenvalue weighted by molar-refractivity contribution is 6.30. The summed E-state index contributed by atoms with van der Waals surface area (Å²) in [6, 6.07) is 14.3. The predicted octanol–water partition coefficient (Wildman–Crippen LogP) is 4.31. The lowest BCUT2D eigenvalue weighted by Gasteiger charge is -2.16. The van der Waals surface area contributed by atoms with Crippen molar-refractivity contribution < 1.29 is 14.3 Å². The van der Waals surface area contributed by atoms with E-state index in [9.17, 15) is 9.59 Å². The first-order valence-electron chi connectivity index (χ1n) is 9.89. The molecule has 3 amide bonds. The number of rotatable bonds is 6. The average Bonchev–Trinajstić information content (AvgIpc) is 3.37. The van der Waals surface area contributed by atoms with Gasteiger partial charge in [0.15, 0.2) is 0 Å². The Morgan fingerprint density at radius 2 is 1.66 bits per heavy atom. The van der Waals surface area contributed by atoms with Crippen LogP contribution in [-0.2, 0) is 14.9 Å². The quantitative estimate of drug-likeness (QED) is 0.660. The number of carbonyl (C=O) groups is 2. The smallest absolute Gasteiger partial charge is 0.319 e. The Hall–Kier alpha value is -2.57. The molecule has 6 nitrogen and oxygen atoms in total. The van der Waals surface area contributed by atoms with E-state index in [-0.39, 0.29) is 18.0 Å². The van der Waals surface area contributed by atoms with Gasteiger partial charge in [-0.25, -0.2) is 4.79 Å². The molecule has 1 saturated heterocycles. The Morgan fingerprint density at radius 1 is 1.00 bits per heavy atom. The molecule has 0 bridgehead atoms. The molecule has 1 unspecified atom stereocenters. The standard InChI is InChI=1S/C22H24ClN3O3/c23-16-5-3-15(4-6-16)22(11-12-22)20(27)25-17-7-9-18(10-8-17)26-21(28)24-14-19-2-1-13-29-19/h3-10,19H,1-2,11-14H2,(H,25,27)(H2,24,26,28). The van der Waals surface area contributed by atoms with Crippen LogP contribution in [0.3, 0.4) is 0 Å². The van der Waals surface area contributed by atoms with Crippen molar-refractivity contribution in [1.29, 1.82) is 0 Å². The number of anilines is 2. The third-order valence-electron chi connectivity index (χ3n) is 5.50. The lowest BCUT2D eigenvalue weighted by Crippen LogP contribution is -2.35. The van der Waals surface area contributed by atoms with E-state index in [2.05, 4.69) is 16.0 Å². The van der Waals surface area contributed by atoms with Gasteiger partial charge in [-0.1, -0.05) is 23.7 Å². The number of hydrogen-bond donors (Lipinski definition) is 3. The minimum atomic E-state index is -0.469. The highest BCUT2D eigenvalue weighted by atomic mass is 35.5. The average molecular weight is 414 g/mol. The zero-order valence-electron chi connectivity index (χ0n) is 16.0. The molecule has 3 N–H and O–H groups in total. The number of hydrogen-bond acceptors (Lipinski definition) is 3. The summed E-state index contributed by atoms with van der Waals surface area (Å²) in [5, 5.41) is 9.25. The Morgan fingerprint density at radius 3 is 2.24 bits per heavy atom. The molecule has 1 aliphatic heterocycles. The third kappa shape index (κ3) is 4.71. The van der Waals surface area contributed by atoms with Crippen molar-refractivity contribution >= 4 is 34.9 Å². The summed E-state index contributed by atoms with van der Waals surface area (Å²) in [6.07, 6.45) is 3.77.